The fraction of sp³-hybridized carbons (Fsp3) is 0.167. The molecule has 2 aromatic carbocycles. The Morgan fingerprint density at radius 2 is 1.96 bits per heavy atom. The van der Waals surface area contributed by atoms with Gasteiger partial charge >= 0.3 is 5.97 Å². The number of carbonyl (C=O) groups excluding carboxylic acids is 2. The van der Waals surface area contributed by atoms with Gasteiger partial charge in [-0.1, -0.05) is 29.8 Å². The molecule has 25 heavy (non-hydrogen) atoms. The quantitative estimate of drug-likeness (QED) is 0.820. The summed E-state index contributed by atoms with van der Waals surface area (Å²) >= 11 is 6.09. The fourth-order valence-electron chi connectivity index (χ4n) is 2.73. The van der Waals surface area contributed by atoms with Crippen molar-refractivity contribution in [1.29, 1.82) is 0 Å². The molecule has 0 aromatic heterocycles. The Bertz CT molecular complexity index is 881. The van der Waals surface area contributed by atoms with Gasteiger partial charge in [-0.15, -0.1) is 0 Å². The monoisotopic (exact) mass is 358 g/mol. The first-order chi connectivity index (χ1) is 11.9. The number of aryl methyl sites for hydroxylation is 1. The van der Waals surface area contributed by atoms with Crippen molar-refractivity contribution in [2.24, 2.45) is 0 Å². The van der Waals surface area contributed by atoms with Gasteiger partial charge in [-0.05, 0) is 36.8 Å². The molecule has 128 valence electrons. The first-order valence-corrected chi connectivity index (χ1v) is 7.98. The molecular weight excluding hydrogens is 344 g/mol. The van der Waals surface area contributed by atoms with Crippen LogP contribution in [-0.2, 0) is 9.59 Å². The van der Waals surface area contributed by atoms with E-state index in [1.165, 1.54) is 12.1 Å². The van der Waals surface area contributed by atoms with Crippen LogP contribution in [0.1, 0.15) is 22.3 Å². The molecule has 1 aliphatic rings. The minimum Gasteiger partial charge on any atom is -0.478 e. The number of carboxylic acids is 1. The molecule has 0 radical (unpaired) electrons. The molecule has 0 unspecified atom stereocenters. The Kier molecular flexibility index (Phi) is 4.46. The van der Waals surface area contributed by atoms with Gasteiger partial charge in [0.2, 0.25) is 5.91 Å². The summed E-state index contributed by atoms with van der Waals surface area (Å²) in [5.74, 6) is -1.84. The minimum atomic E-state index is -1.06. The van der Waals surface area contributed by atoms with Crippen LogP contribution in [0.5, 0.6) is 0 Å². The maximum Gasteiger partial charge on any atom is 0.335 e. The van der Waals surface area contributed by atoms with E-state index in [9.17, 15) is 14.4 Å². The van der Waals surface area contributed by atoms with Crippen molar-refractivity contribution >= 4 is 40.8 Å². The highest BCUT2D eigenvalue weighted by Crippen LogP contribution is 2.31. The average molecular weight is 359 g/mol. The van der Waals surface area contributed by atoms with E-state index < -0.39 is 17.9 Å². The maximum absolute atomic E-state index is 12.7. The highest BCUT2D eigenvalue weighted by atomic mass is 35.5. The molecule has 1 aliphatic heterocycles. The van der Waals surface area contributed by atoms with Crippen LogP contribution in [0.15, 0.2) is 42.5 Å². The van der Waals surface area contributed by atoms with E-state index in [0.717, 1.165) is 10.5 Å². The zero-order valence-electron chi connectivity index (χ0n) is 13.3. The third kappa shape index (κ3) is 3.21. The van der Waals surface area contributed by atoms with Crippen LogP contribution >= 0.6 is 11.6 Å². The second-order valence-corrected chi connectivity index (χ2v) is 6.16. The molecule has 1 fully saturated rings. The second-order valence-electron chi connectivity index (χ2n) is 5.75. The Balaban J connectivity index is 1.87. The molecule has 2 amide bonds. The smallest absolute Gasteiger partial charge is 0.335 e. The molecule has 3 rings (SSSR count). The van der Waals surface area contributed by atoms with Gasteiger partial charge in [-0.2, -0.15) is 0 Å². The van der Waals surface area contributed by atoms with E-state index in [1.807, 2.05) is 0 Å². The van der Waals surface area contributed by atoms with E-state index in [2.05, 4.69) is 5.32 Å². The summed E-state index contributed by atoms with van der Waals surface area (Å²) in [6, 6.07) is 10.4. The summed E-state index contributed by atoms with van der Waals surface area (Å²) in [5.41, 5.74) is 1.74. The number of hydrogen-bond donors (Lipinski definition) is 2. The zero-order valence-corrected chi connectivity index (χ0v) is 14.1. The number of nitrogens with zero attached hydrogens (tertiary/aromatic N) is 1. The summed E-state index contributed by atoms with van der Waals surface area (Å²) < 4.78 is 0. The fourth-order valence-corrected chi connectivity index (χ4v) is 2.95. The second kappa shape index (κ2) is 6.57. The van der Waals surface area contributed by atoms with Crippen LogP contribution in [0, 0.1) is 6.92 Å². The maximum atomic E-state index is 12.7. The number of nitrogens with one attached hydrogen (secondary N) is 1. The normalized spacial score (nSPS) is 17.0. The van der Waals surface area contributed by atoms with Crippen LogP contribution in [0.3, 0.4) is 0 Å². The zero-order chi connectivity index (χ0) is 18.1. The number of benzene rings is 2. The topological polar surface area (TPSA) is 86.7 Å². The van der Waals surface area contributed by atoms with Gasteiger partial charge in [0.15, 0.2) is 0 Å². The number of para-hydroxylation sites is 1. The lowest BCUT2D eigenvalue weighted by atomic mass is 10.1. The molecule has 1 heterocycles. The van der Waals surface area contributed by atoms with Crippen LogP contribution in [0.4, 0.5) is 11.4 Å². The molecule has 0 saturated carbocycles. The first kappa shape index (κ1) is 17.0. The molecule has 6 nitrogen and oxygen atoms in total. The lowest BCUT2D eigenvalue weighted by molar-refractivity contribution is -0.121. The number of carboxylic acid groups (broad SMARTS) is 1. The van der Waals surface area contributed by atoms with E-state index in [1.54, 1.807) is 37.3 Å². The van der Waals surface area contributed by atoms with Crippen LogP contribution in [-0.4, -0.2) is 28.9 Å². The van der Waals surface area contributed by atoms with Crippen molar-refractivity contribution in [1.82, 2.24) is 0 Å². The minimum absolute atomic E-state index is 0.0270. The summed E-state index contributed by atoms with van der Waals surface area (Å²) in [5, 5.41) is 12.4. The third-order valence-corrected chi connectivity index (χ3v) is 4.37. The van der Waals surface area contributed by atoms with Crippen molar-refractivity contribution in [2.45, 2.75) is 19.4 Å². The van der Waals surface area contributed by atoms with Gasteiger partial charge in [0.05, 0.1) is 22.7 Å². The number of rotatable bonds is 4. The summed E-state index contributed by atoms with van der Waals surface area (Å²) in [7, 11) is 0. The molecule has 2 N–H and O–H groups in total. The number of carbonyl (C=O) groups is 3. The molecule has 1 atom stereocenters. The Morgan fingerprint density at radius 3 is 2.64 bits per heavy atom. The Hall–Kier alpha value is -2.86. The van der Waals surface area contributed by atoms with E-state index in [0.29, 0.717) is 16.4 Å². The number of imide groups is 1. The van der Waals surface area contributed by atoms with Gasteiger partial charge in [-0.25, -0.2) is 9.69 Å². The number of aromatic carboxylic acids is 1. The van der Waals surface area contributed by atoms with E-state index in [4.69, 9.17) is 16.7 Å². The number of amides is 2. The van der Waals surface area contributed by atoms with Crippen molar-refractivity contribution in [3.63, 3.8) is 0 Å². The highest BCUT2D eigenvalue weighted by molar-refractivity contribution is 6.36. The molecule has 1 saturated heterocycles. The Morgan fingerprint density at radius 1 is 1.24 bits per heavy atom. The van der Waals surface area contributed by atoms with E-state index in [-0.39, 0.29) is 17.9 Å². The SMILES string of the molecule is Cc1ccc(C(=O)O)cc1N[C@H]1CC(=O)N(c2ccccc2Cl)C1=O. The lowest BCUT2D eigenvalue weighted by Gasteiger charge is -2.18. The van der Waals surface area contributed by atoms with Crippen LogP contribution in [0.25, 0.3) is 0 Å². The summed E-state index contributed by atoms with van der Waals surface area (Å²) in [4.78, 5) is 37.2. The number of hydrogen-bond acceptors (Lipinski definition) is 4. The van der Waals surface area contributed by atoms with Gasteiger partial charge in [-0.3, -0.25) is 9.59 Å². The molecular formula is C18H15ClN2O4. The summed E-state index contributed by atoms with van der Waals surface area (Å²) in [6.45, 7) is 1.79. The van der Waals surface area contributed by atoms with Crippen molar-refractivity contribution < 1.29 is 19.5 Å². The molecule has 0 aliphatic carbocycles. The number of anilines is 2. The Labute approximate surface area is 149 Å². The molecule has 7 heteroatoms. The van der Waals surface area contributed by atoms with Crippen LogP contribution in [0.2, 0.25) is 5.02 Å². The van der Waals surface area contributed by atoms with Gasteiger partial charge in [0, 0.05) is 5.69 Å². The highest BCUT2D eigenvalue weighted by Gasteiger charge is 2.40. The molecule has 0 spiro atoms. The standard InChI is InChI=1S/C18H15ClN2O4/c1-10-6-7-11(18(24)25)8-13(10)20-14-9-16(22)21(17(14)23)15-5-3-2-4-12(15)19/h2-8,14,20H,9H2,1H3,(H,24,25)/t14-/m0/s1. The van der Waals surface area contributed by atoms with Gasteiger partial charge < -0.3 is 10.4 Å². The lowest BCUT2D eigenvalue weighted by Crippen LogP contribution is -2.35. The predicted molar refractivity (Wildman–Crippen MR) is 94.1 cm³/mol. The predicted octanol–water partition coefficient (Wildman–Crippen LogP) is 3.09. The van der Waals surface area contributed by atoms with Crippen molar-refractivity contribution in [3.8, 4) is 0 Å². The van der Waals surface area contributed by atoms with Crippen molar-refractivity contribution in [2.75, 3.05) is 10.2 Å². The average Bonchev–Trinajstić information content (AvgIpc) is 2.84. The van der Waals surface area contributed by atoms with Crippen LogP contribution < -0.4 is 10.2 Å². The largest absolute Gasteiger partial charge is 0.478 e. The molecule has 2 aromatic rings. The molecule has 0 bridgehead atoms. The first-order valence-electron chi connectivity index (χ1n) is 7.60. The van der Waals surface area contributed by atoms with Gasteiger partial charge in [0.25, 0.3) is 5.91 Å². The summed E-state index contributed by atoms with van der Waals surface area (Å²) in [6.07, 6.45) is -0.0270. The van der Waals surface area contributed by atoms with E-state index >= 15 is 0 Å². The van der Waals surface area contributed by atoms with Crippen molar-refractivity contribution in [3.05, 3.63) is 58.6 Å². The van der Waals surface area contributed by atoms with Gasteiger partial charge in [0.1, 0.15) is 6.04 Å². The third-order valence-electron chi connectivity index (χ3n) is 4.05. The number of halogens is 1.